The summed E-state index contributed by atoms with van der Waals surface area (Å²) in [5, 5.41) is 20.2. The fraction of sp³-hybridized carbons (Fsp3) is 0.273. The number of hydrogen-bond donors (Lipinski definition) is 4. The first-order chi connectivity index (χ1) is 14.4. The second-order valence-electron chi connectivity index (χ2n) is 6.65. The molecule has 30 heavy (non-hydrogen) atoms. The van der Waals surface area contributed by atoms with Crippen LogP contribution < -0.4 is 15.5 Å². The maximum atomic E-state index is 12.5. The third kappa shape index (κ3) is 7.23. The molecule has 0 aliphatic rings. The zero-order chi connectivity index (χ0) is 21.9. The third-order valence-corrected chi connectivity index (χ3v) is 4.24. The van der Waals surface area contributed by atoms with Crippen LogP contribution in [0.5, 0.6) is 5.75 Å². The lowest BCUT2D eigenvalue weighted by Gasteiger charge is -2.23. The van der Waals surface area contributed by atoms with Crippen molar-refractivity contribution in [3.63, 3.8) is 0 Å². The number of ether oxygens (including phenoxy) is 2. The Hall–Kier alpha value is -3.36. The van der Waals surface area contributed by atoms with Gasteiger partial charge >= 0.3 is 6.09 Å². The Labute approximate surface area is 175 Å². The van der Waals surface area contributed by atoms with E-state index in [2.05, 4.69) is 5.32 Å². The first-order valence-corrected chi connectivity index (χ1v) is 9.43. The zero-order valence-electron chi connectivity index (χ0n) is 16.9. The Morgan fingerprint density at radius 1 is 1.10 bits per heavy atom. The van der Waals surface area contributed by atoms with E-state index in [9.17, 15) is 9.59 Å². The van der Waals surface area contributed by atoms with Crippen LogP contribution in [-0.2, 0) is 9.53 Å². The van der Waals surface area contributed by atoms with E-state index in [0.717, 1.165) is 11.6 Å². The molecule has 2 aromatic carbocycles. The van der Waals surface area contributed by atoms with Crippen molar-refractivity contribution < 1.29 is 29.4 Å². The van der Waals surface area contributed by atoms with Crippen molar-refractivity contribution >= 4 is 17.7 Å². The van der Waals surface area contributed by atoms with E-state index >= 15 is 0 Å². The fourth-order valence-corrected chi connectivity index (χ4v) is 2.67. The minimum atomic E-state index is -0.704. The van der Waals surface area contributed by atoms with E-state index in [4.69, 9.17) is 19.8 Å². The number of hydroxylamine groups is 1. The summed E-state index contributed by atoms with van der Waals surface area (Å²) in [6.07, 6.45) is 1.35. The lowest BCUT2D eigenvalue weighted by atomic mass is 9.96. The van der Waals surface area contributed by atoms with Crippen LogP contribution in [0.4, 0.5) is 10.5 Å². The predicted octanol–water partition coefficient (Wildman–Crippen LogP) is 3.35. The van der Waals surface area contributed by atoms with Gasteiger partial charge in [-0.1, -0.05) is 42.8 Å². The first-order valence-electron chi connectivity index (χ1n) is 9.43. The van der Waals surface area contributed by atoms with E-state index in [1.807, 2.05) is 19.1 Å². The van der Waals surface area contributed by atoms with Gasteiger partial charge in [0, 0.05) is 17.7 Å². The van der Waals surface area contributed by atoms with Crippen molar-refractivity contribution in [1.82, 2.24) is 5.48 Å². The Kier molecular flexibility index (Phi) is 8.86. The van der Waals surface area contributed by atoms with Gasteiger partial charge in [0.1, 0.15) is 18.5 Å². The molecule has 4 N–H and O–H groups in total. The molecule has 0 spiro atoms. The topological polar surface area (TPSA) is 117 Å². The largest absolute Gasteiger partial charge is 0.491 e. The van der Waals surface area contributed by atoms with E-state index in [1.165, 1.54) is 11.6 Å². The van der Waals surface area contributed by atoms with Crippen LogP contribution >= 0.6 is 0 Å². The fourth-order valence-electron chi connectivity index (χ4n) is 2.67. The second-order valence-corrected chi connectivity index (χ2v) is 6.65. The SMILES string of the molecule is Cc1ccc(NC(=O)O[C@H](c2ccc(OCCO)cc2)[C@H](C)/C=C/C(=O)NO)cc1. The van der Waals surface area contributed by atoms with Gasteiger partial charge in [0.15, 0.2) is 0 Å². The molecule has 2 rings (SSSR count). The molecule has 2 aromatic rings. The number of anilines is 1. The van der Waals surface area contributed by atoms with Crippen LogP contribution in [0.1, 0.15) is 24.2 Å². The van der Waals surface area contributed by atoms with Crippen LogP contribution in [-0.4, -0.2) is 35.5 Å². The molecule has 0 aliphatic carbocycles. The molecule has 0 unspecified atom stereocenters. The summed E-state index contributed by atoms with van der Waals surface area (Å²) in [5.41, 5.74) is 3.87. The maximum Gasteiger partial charge on any atom is 0.412 e. The summed E-state index contributed by atoms with van der Waals surface area (Å²) in [6.45, 7) is 3.80. The molecule has 0 aromatic heterocycles. The van der Waals surface area contributed by atoms with E-state index < -0.39 is 18.1 Å². The lowest BCUT2D eigenvalue weighted by molar-refractivity contribution is -0.124. The average molecular weight is 414 g/mol. The average Bonchev–Trinajstić information content (AvgIpc) is 2.76. The van der Waals surface area contributed by atoms with Gasteiger partial charge in [0.05, 0.1) is 6.61 Å². The number of benzene rings is 2. The first kappa shape index (κ1) is 22.9. The molecule has 0 radical (unpaired) electrons. The van der Waals surface area contributed by atoms with Crippen molar-refractivity contribution in [2.24, 2.45) is 5.92 Å². The second kappa shape index (κ2) is 11.6. The van der Waals surface area contributed by atoms with Crippen molar-refractivity contribution in [1.29, 1.82) is 0 Å². The number of carbonyl (C=O) groups is 2. The van der Waals surface area contributed by atoms with Crippen LogP contribution in [0.25, 0.3) is 0 Å². The zero-order valence-corrected chi connectivity index (χ0v) is 16.9. The summed E-state index contributed by atoms with van der Waals surface area (Å²) in [4.78, 5) is 23.8. The Bertz CT molecular complexity index is 849. The number of hydrogen-bond acceptors (Lipinski definition) is 6. The van der Waals surface area contributed by atoms with Gasteiger partial charge < -0.3 is 14.6 Å². The molecule has 8 heteroatoms. The normalized spacial score (nSPS) is 12.8. The van der Waals surface area contributed by atoms with E-state index in [1.54, 1.807) is 43.3 Å². The number of nitrogens with one attached hydrogen (secondary N) is 2. The van der Waals surface area contributed by atoms with Crippen LogP contribution in [0.2, 0.25) is 0 Å². The molecular weight excluding hydrogens is 388 g/mol. The number of aliphatic hydroxyl groups is 1. The molecule has 0 bridgehead atoms. The quantitative estimate of drug-likeness (QED) is 0.284. The maximum absolute atomic E-state index is 12.5. The highest BCUT2D eigenvalue weighted by molar-refractivity contribution is 5.86. The minimum Gasteiger partial charge on any atom is -0.491 e. The summed E-state index contributed by atoms with van der Waals surface area (Å²) in [5.74, 6) is -0.494. The third-order valence-electron chi connectivity index (χ3n) is 4.24. The number of carbonyl (C=O) groups excluding carboxylic acids is 2. The van der Waals surface area contributed by atoms with Crippen molar-refractivity contribution in [3.05, 3.63) is 71.8 Å². The highest BCUT2D eigenvalue weighted by Gasteiger charge is 2.22. The van der Waals surface area contributed by atoms with Crippen LogP contribution in [0.3, 0.4) is 0 Å². The van der Waals surface area contributed by atoms with Gasteiger partial charge in [-0.3, -0.25) is 15.3 Å². The molecule has 160 valence electrons. The number of rotatable bonds is 9. The molecule has 8 nitrogen and oxygen atoms in total. The Morgan fingerprint density at radius 3 is 2.37 bits per heavy atom. The lowest BCUT2D eigenvalue weighted by Crippen LogP contribution is -2.22. The smallest absolute Gasteiger partial charge is 0.412 e. The predicted molar refractivity (Wildman–Crippen MR) is 111 cm³/mol. The van der Waals surface area contributed by atoms with E-state index in [0.29, 0.717) is 17.0 Å². The monoisotopic (exact) mass is 414 g/mol. The van der Waals surface area contributed by atoms with Crippen LogP contribution in [0, 0.1) is 12.8 Å². The number of amides is 2. The molecule has 0 heterocycles. The highest BCUT2D eigenvalue weighted by Crippen LogP contribution is 2.29. The highest BCUT2D eigenvalue weighted by atomic mass is 16.6. The minimum absolute atomic E-state index is 0.0958. The Balaban J connectivity index is 2.17. The summed E-state index contributed by atoms with van der Waals surface area (Å²) in [6, 6.07) is 14.2. The summed E-state index contributed by atoms with van der Waals surface area (Å²) < 4.78 is 11.0. The van der Waals surface area contributed by atoms with Crippen LogP contribution in [0.15, 0.2) is 60.7 Å². The summed E-state index contributed by atoms with van der Waals surface area (Å²) in [7, 11) is 0. The molecular formula is C22H26N2O6. The molecule has 0 aliphatic heterocycles. The van der Waals surface area contributed by atoms with Crippen molar-refractivity contribution in [2.45, 2.75) is 20.0 Å². The van der Waals surface area contributed by atoms with Crippen molar-refractivity contribution in [3.8, 4) is 5.75 Å². The molecule has 0 fully saturated rings. The van der Waals surface area contributed by atoms with Crippen molar-refractivity contribution in [2.75, 3.05) is 18.5 Å². The van der Waals surface area contributed by atoms with Gasteiger partial charge in [-0.15, -0.1) is 0 Å². The van der Waals surface area contributed by atoms with Gasteiger partial charge in [-0.2, -0.15) is 0 Å². The van der Waals surface area contributed by atoms with E-state index in [-0.39, 0.29) is 19.1 Å². The van der Waals surface area contributed by atoms with Gasteiger partial charge in [0.2, 0.25) is 0 Å². The number of aliphatic hydroxyl groups excluding tert-OH is 1. The van der Waals surface area contributed by atoms with Gasteiger partial charge in [-0.05, 0) is 36.8 Å². The number of aryl methyl sites for hydroxylation is 1. The molecule has 2 amide bonds. The Morgan fingerprint density at radius 2 is 1.77 bits per heavy atom. The standard InChI is InChI=1S/C22H26N2O6/c1-15-3-8-18(9-4-15)23-22(27)30-21(16(2)5-12-20(26)24-28)17-6-10-19(11-7-17)29-14-13-25/h3-12,16,21,25,28H,13-14H2,1-2H3,(H,23,27)(H,24,26)/b12-5+/t16-,21+/m1/s1. The molecule has 0 saturated carbocycles. The van der Waals surface area contributed by atoms with Gasteiger partial charge in [0.25, 0.3) is 5.91 Å². The molecule has 2 atom stereocenters. The van der Waals surface area contributed by atoms with Gasteiger partial charge in [-0.25, -0.2) is 10.3 Å². The summed E-state index contributed by atoms with van der Waals surface area (Å²) >= 11 is 0. The molecule has 0 saturated heterocycles.